The second-order valence-electron chi connectivity index (χ2n) is 7.50. The Morgan fingerprint density at radius 3 is 2.03 bits per heavy atom. The summed E-state index contributed by atoms with van der Waals surface area (Å²) in [4.78, 5) is 0. The van der Waals surface area contributed by atoms with Crippen LogP contribution in [0.5, 0.6) is 23.0 Å². The smallest absolute Gasteiger partial charge is 0.135 e. The normalized spacial score (nSPS) is 10.3. The van der Waals surface area contributed by atoms with Crippen molar-refractivity contribution in [3.8, 4) is 23.0 Å². The lowest BCUT2D eigenvalue weighted by Crippen LogP contribution is -1.92. The highest BCUT2D eigenvalue weighted by Crippen LogP contribution is 2.31. The Hall–Kier alpha value is -4.62. The number of anilines is 2. The van der Waals surface area contributed by atoms with Crippen molar-refractivity contribution >= 4 is 22.1 Å². The van der Waals surface area contributed by atoms with E-state index in [1.54, 1.807) is 18.2 Å². The van der Waals surface area contributed by atoms with Crippen molar-refractivity contribution in [3.05, 3.63) is 121 Å². The first-order chi connectivity index (χ1) is 17.0. The van der Waals surface area contributed by atoms with E-state index in [-0.39, 0.29) is 5.69 Å². The Morgan fingerprint density at radius 2 is 1.29 bits per heavy atom. The molecule has 7 heteroatoms. The van der Waals surface area contributed by atoms with Crippen molar-refractivity contribution in [1.29, 1.82) is 0 Å². The zero-order valence-corrected chi connectivity index (χ0v) is 18.5. The van der Waals surface area contributed by atoms with E-state index in [4.69, 9.17) is 20.4 Å². The summed E-state index contributed by atoms with van der Waals surface area (Å²) >= 11 is 0. The molecule has 5 rings (SSSR count). The van der Waals surface area contributed by atoms with Gasteiger partial charge in [-0.05, 0) is 35.7 Å². The molecule has 0 radical (unpaired) electrons. The third-order valence-corrected chi connectivity index (χ3v) is 4.85. The number of nitrogens with two attached hydrogens (primary N) is 1. The number of rotatable bonds is 5. The average molecular weight is 472 g/mol. The van der Waals surface area contributed by atoms with Crippen LogP contribution < -0.4 is 20.7 Å². The number of hydrogen-bond donors (Lipinski definition) is 3. The molecule has 5 nitrogen and oxygen atoms in total. The molecule has 0 bridgehead atoms. The number of halogens is 2. The van der Waals surface area contributed by atoms with Gasteiger partial charge in [0.1, 0.15) is 34.6 Å². The summed E-state index contributed by atoms with van der Waals surface area (Å²) in [7, 11) is 0. The van der Waals surface area contributed by atoms with Crippen molar-refractivity contribution in [1.82, 2.24) is 0 Å². The zero-order valence-electron chi connectivity index (χ0n) is 18.5. The van der Waals surface area contributed by atoms with Crippen LogP contribution >= 0.6 is 0 Å². The van der Waals surface area contributed by atoms with Gasteiger partial charge in [-0.1, -0.05) is 54.6 Å². The number of nitrogen functional groups attached to an aromatic ring is 1. The minimum atomic E-state index is -0.481. The van der Waals surface area contributed by atoms with E-state index in [0.717, 1.165) is 16.8 Å². The van der Waals surface area contributed by atoms with Crippen molar-refractivity contribution in [2.45, 2.75) is 0 Å². The maximum Gasteiger partial charge on any atom is 0.135 e. The molecule has 0 fully saturated rings. The molecule has 176 valence electrons. The first-order valence-corrected chi connectivity index (χ1v) is 10.7. The van der Waals surface area contributed by atoms with Gasteiger partial charge < -0.3 is 15.2 Å². The molecule has 0 unspecified atom stereocenters. The number of fused-ring (bicyclic) bond motifs is 1. The van der Waals surface area contributed by atoms with Gasteiger partial charge in [0, 0.05) is 35.3 Å². The Kier molecular flexibility index (Phi) is 7.40. The fraction of sp³-hybridized carbons (Fsp3) is 0. The summed E-state index contributed by atoms with van der Waals surface area (Å²) in [6, 6.07) is 30.7. The Labute approximate surface area is 200 Å². The first kappa shape index (κ1) is 23.5. The fourth-order valence-electron chi connectivity index (χ4n) is 3.37. The molecule has 5 aromatic rings. The maximum atomic E-state index is 13.3. The van der Waals surface area contributed by atoms with Crippen LogP contribution in [0, 0.1) is 11.6 Å². The molecule has 0 aliphatic rings. The predicted octanol–water partition coefficient (Wildman–Crippen LogP) is 7.77. The molecule has 0 heterocycles. The molecule has 0 aromatic heterocycles. The topological polar surface area (TPSA) is 76.7 Å². The van der Waals surface area contributed by atoms with Crippen molar-refractivity contribution < 1.29 is 23.5 Å². The summed E-state index contributed by atoms with van der Waals surface area (Å²) in [6.45, 7) is 0. The van der Waals surface area contributed by atoms with E-state index < -0.39 is 11.6 Å². The zero-order chi connectivity index (χ0) is 24.6. The minimum Gasteiger partial charge on any atom is -0.457 e. The predicted molar refractivity (Wildman–Crippen MR) is 133 cm³/mol. The second kappa shape index (κ2) is 11.0. The van der Waals surface area contributed by atoms with Crippen LogP contribution in [0.2, 0.25) is 0 Å². The molecule has 0 amide bonds. The molecule has 4 N–H and O–H groups in total. The van der Waals surface area contributed by atoms with Gasteiger partial charge in [0.25, 0.3) is 0 Å². The van der Waals surface area contributed by atoms with E-state index in [2.05, 4.69) is 0 Å². The molecule has 0 aliphatic heterocycles. The molecule has 35 heavy (non-hydrogen) atoms. The monoisotopic (exact) mass is 472 g/mol. The van der Waals surface area contributed by atoms with Crippen LogP contribution in [0.25, 0.3) is 10.8 Å². The van der Waals surface area contributed by atoms with Gasteiger partial charge in [-0.3, -0.25) is 10.7 Å². The van der Waals surface area contributed by atoms with Crippen LogP contribution in [0.15, 0.2) is 109 Å². The average Bonchev–Trinajstić information content (AvgIpc) is 2.84. The van der Waals surface area contributed by atoms with Crippen molar-refractivity contribution in [2.24, 2.45) is 0 Å². The van der Waals surface area contributed by atoms with Crippen LogP contribution in [-0.2, 0) is 0 Å². The quantitative estimate of drug-likeness (QED) is 0.180. The van der Waals surface area contributed by atoms with Gasteiger partial charge in [0.15, 0.2) is 0 Å². The summed E-state index contributed by atoms with van der Waals surface area (Å²) in [5.41, 5.74) is 8.06. The molecule has 0 atom stereocenters. The first-order valence-electron chi connectivity index (χ1n) is 10.7. The molecular formula is C28H22F2N2O3. The van der Waals surface area contributed by atoms with Crippen molar-refractivity contribution in [3.63, 3.8) is 0 Å². The largest absolute Gasteiger partial charge is 0.457 e. The van der Waals surface area contributed by atoms with Crippen LogP contribution in [-0.4, -0.2) is 5.21 Å². The second-order valence-corrected chi connectivity index (χ2v) is 7.50. The summed E-state index contributed by atoms with van der Waals surface area (Å²) in [5, 5.41) is 10.7. The van der Waals surface area contributed by atoms with Gasteiger partial charge in [-0.25, -0.2) is 8.78 Å². The number of para-hydroxylation sites is 1. The van der Waals surface area contributed by atoms with Gasteiger partial charge in [-0.2, -0.15) is 0 Å². The fourth-order valence-corrected chi connectivity index (χ4v) is 3.37. The highest BCUT2D eigenvalue weighted by Gasteiger charge is 2.05. The summed E-state index contributed by atoms with van der Waals surface area (Å²) in [6.07, 6.45) is 0. The lowest BCUT2D eigenvalue weighted by atomic mass is 10.1. The molecule has 0 saturated carbocycles. The lowest BCUT2D eigenvalue weighted by molar-refractivity contribution is 0.387. The highest BCUT2D eigenvalue weighted by molar-refractivity contribution is 5.88. The molecular weight excluding hydrogens is 450 g/mol. The van der Waals surface area contributed by atoms with E-state index in [1.165, 1.54) is 24.3 Å². The number of ether oxygens (including phenoxy) is 2. The molecule has 0 spiro atoms. The molecule has 0 saturated heterocycles. The van der Waals surface area contributed by atoms with E-state index in [0.29, 0.717) is 28.7 Å². The Morgan fingerprint density at radius 1 is 0.629 bits per heavy atom. The molecule has 0 aliphatic carbocycles. The van der Waals surface area contributed by atoms with Crippen molar-refractivity contribution in [2.75, 3.05) is 11.2 Å². The van der Waals surface area contributed by atoms with Crippen LogP contribution in [0.4, 0.5) is 20.2 Å². The summed E-state index contributed by atoms with van der Waals surface area (Å²) in [5.74, 6) is 1.12. The number of benzene rings is 5. The SMILES string of the molecule is Nc1cc(F)cc(Oc2cccc3ccccc23)c1.ONc1cc(F)cc(Oc2ccccc2)c1. The molecule has 5 aromatic carbocycles. The van der Waals surface area contributed by atoms with Crippen LogP contribution in [0.3, 0.4) is 0 Å². The Balaban J connectivity index is 0.000000168. The summed E-state index contributed by atoms with van der Waals surface area (Å²) < 4.78 is 37.5. The standard InChI is InChI=1S/C16H12FNO.C12H10FNO2/c17-12-8-13(18)10-14(9-12)19-16-7-3-5-11-4-1-2-6-15(11)16;13-9-6-10(14-15)8-12(7-9)16-11-4-2-1-3-5-11/h1-10H,18H2;1-8,14-15H. The highest BCUT2D eigenvalue weighted by atomic mass is 19.1. The number of nitrogens with one attached hydrogen (secondary N) is 1. The van der Waals surface area contributed by atoms with E-state index >= 15 is 0 Å². The van der Waals surface area contributed by atoms with Gasteiger partial charge in [-0.15, -0.1) is 0 Å². The van der Waals surface area contributed by atoms with Gasteiger partial charge in [0.05, 0.1) is 5.69 Å². The minimum absolute atomic E-state index is 0.242. The van der Waals surface area contributed by atoms with Gasteiger partial charge >= 0.3 is 0 Å². The number of hydrogen-bond acceptors (Lipinski definition) is 5. The van der Waals surface area contributed by atoms with E-state index in [1.807, 2.05) is 66.1 Å². The van der Waals surface area contributed by atoms with Crippen LogP contribution in [0.1, 0.15) is 0 Å². The maximum absolute atomic E-state index is 13.3. The lowest BCUT2D eigenvalue weighted by Gasteiger charge is -2.09. The van der Waals surface area contributed by atoms with Gasteiger partial charge in [0.2, 0.25) is 0 Å². The Bertz CT molecular complexity index is 1400. The third kappa shape index (κ3) is 6.46. The third-order valence-electron chi connectivity index (χ3n) is 4.85. The van der Waals surface area contributed by atoms with E-state index in [9.17, 15) is 8.78 Å².